The molecule has 0 aromatic heterocycles. The minimum atomic E-state index is -0.436. The number of guanidine groups is 1. The molecule has 1 N–H and O–H groups in total. The molecule has 25 heavy (non-hydrogen) atoms. The van der Waals surface area contributed by atoms with E-state index in [-0.39, 0.29) is 30.1 Å². The lowest BCUT2D eigenvalue weighted by molar-refractivity contribution is 0.0214. The third-order valence-corrected chi connectivity index (χ3v) is 4.55. The van der Waals surface area contributed by atoms with Crippen LogP contribution in [0.15, 0.2) is 4.99 Å². The van der Waals surface area contributed by atoms with E-state index in [0.29, 0.717) is 18.5 Å². The summed E-state index contributed by atoms with van der Waals surface area (Å²) in [4.78, 5) is 20.9. The molecular formula is C18H35IN4O2. The number of amides is 1. The van der Waals surface area contributed by atoms with Gasteiger partial charge in [-0.25, -0.2) is 4.79 Å². The van der Waals surface area contributed by atoms with Crippen LogP contribution >= 0.6 is 24.0 Å². The van der Waals surface area contributed by atoms with Crippen LogP contribution in [0.2, 0.25) is 0 Å². The van der Waals surface area contributed by atoms with E-state index in [1.807, 2.05) is 39.6 Å². The van der Waals surface area contributed by atoms with Gasteiger partial charge in [0.1, 0.15) is 5.60 Å². The highest BCUT2D eigenvalue weighted by Crippen LogP contribution is 2.22. The summed E-state index contributed by atoms with van der Waals surface area (Å²) in [7, 11) is 1.86. The number of hydrogen-bond acceptors (Lipinski definition) is 3. The van der Waals surface area contributed by atoms with Gasteiger partial charge in [0.05, 0.1) is 0 Å². The molecule has 2 fully saturated rings. The second kappa shape index (κ2) is 9.83. The summed E-state index contributed by atoms with van der Waals surface area (Å²) in [6.45, 7) is 11.2. The average Bonchev–Trinajstić information content (AvgIpc) is 3.33. The number of carbonyl (C=O) groups excluding carboxylic acids is 1. The Kier molecular flexibility index (Phi) is 8.77. The Morgan fingerprint density at radius 2 is 1.84 bits per heavy atom. The topological polar surface area (TPSA) is 57.2 Å². The Morgan fingerprint density at radius 3 is 2.28 bits per heavy atom. The number of halogens is 1. The summed E-state index contributed by atoms with van der Waals surface area (Å²) >= 11 is 0. The third kappa shape index (κ3) is 7.58. The van der Waals surface area contributed by atoms with Crippen LogP contribution in [-0.4, -0.2) is 66.7 Å². The lowest BCUT2D eigenvalue weighted by atomic mass is 9.96. The van der Waals surface area contributed by atoms with Gasteiger partial charge in [-0.3, -0.25) is 4.99 Å². The minimum absolute atomic E-state index is 0. The first-order valence-electron chi connectivity index (χ1n) is 9.28. The van der Waals surface area contributed by atoms with Crippen molar-refractivity contribution in [1.29, 1.82) is 0 Å². The fourth-order valence-corrected chi connectivity index (χ4v) is 3.01. The standard InChI is InChI=1S/C18H34N4O2.HI/c1-6-21(17(23)24-18(2,3)4)13-14-9-11-22(12-10-14)16(19-5)20-15-7-8-15;/h14-15H,6-13H2,1-5H3,(H,19,20);1H. The van der Waals surface area contributed by atoms with E-state index in [4.69, 9.17) is 4.74 Å². The lowest BCUT2D eigenvalue weighted by Gasteiger charge is -2.36. The van der Waals surface area contributed by atoms with E-state index in [1.54, 1.807) is 0 Å². The Balaban J connectivity index is 0.00000312. The van der Waals surface area contributed by atoms with E-state index in [1.165, 1.54) is 12.8 Å². The molecule has 1 aliphatic heterocycles. The largest absolute Gasteiger partial charge is 0.444 e. The van der Waals surface area contributed by atoms with Crippen LogP contribution in [0.5, 0.6) is 0 Å². The summed E-state index contributed by atoms with van der Waals surface area (Å²) < 4.78 is 5.51. The zero-order valence-electron chi connectivity index (χ0n) is 16.4. The summed E-state index contributed by atoms with van der Waals surface area (Å²) in [5, 5.41) is 3.51. The Bertz CT molecular complexity index is 452. The number of likely N-dealkylation sites (tertiary alicyclic amines) is 1. The average molecular weight is 466 g/mol. The molecule has 2 aliphatic rings. The van der Waals surface area contributed by atoms with Crippen molar-refractivity contribution in [2.45, 2.75) is 65.0 Å². The van der Waals surface area contributed by atoms with Gasteiger partial charge in [-0.05, 0) is 59.3 Å². The molecule has 0 atom stereocenters. The lowest BCUT2D eigenvalue weighted by Crippen LogP contribution is -2.48. The molecular weight excluding hydrogens is 431 g/mol. The Hall–Kier alpha value is -0.730. The molecule has 0 unspecified atom stereocenters. The third-order valence-electron chi connectivity index (χ3n) is 4.55. The quantitative estimate of drug-likeness (QED) is 0.393. The fraction of sp³-hybridized carbons (Fsp3) is 0.889. The summed E-state index contributed by atoms with van der Waals surface area (Å²) in [5.74, 6) is 1.57. The number of piperidine rings is 1. The number of hydrogen-bond donors (Lipinski definition) is 1. The number of nitrogens with zero attached hydrogens (tertiary/aromatic N) is 3. The first-order chi connectivity index (χ1) is 11.3. The molecule has 0 spiro atoms. The van der Waals surface area contributed by atoms with Crippen molar-refractivity contribution in [3.05, 3.63) is 0 Å². The maximum absolute atomic E-state index is 12.3. The van der Waals surface area contributed by atoms with Crippen LogP contribution in [0.4, 0.5) is 4.79 Å². The van der Waals surface area contributed by atoms with Gasteiger partial charge in [0.25, 0.3) is 0 Å². The van der Waals surface area contributed by atoms with Crippen molar-refractivity contribution in [2.24, 2.45) is 10.9 Å². The van der Waals surface area contributed by atoms with Crippen molar-refractivity contribution in [3.8, 4) is 0 Å². The predicted octanol–water partition coefficient (Wildman–Crippen LogP) is 3.31. The molecule has 0 bridgehead atoms. The molecule has 0 aromatic rings. The first kappa shape index (κ1) is 22.3. The van der Waals surface area contributed by atoms with Crippen LogP contribution in [-0.2, 0) is 4.74 Å². The van der Waals surface area contributed by atoms with Crippen LogP contribution < -0.4 is 5.32 Å². The van der Waals surface area contributed by atoms with Crippen LogP contribution in [0.3, 0.4) is 0 Å². The van der Waals surface area contributed by atoms with Gasteiger partial charge in [-0.1, -0.05) is 0 Å². The Labute approximate surface area is 169 Å². The molecule has 6 nitrogen and oxygen atoms in total. The second-order valence-corrected chi connectivity index (χ2v) is 7.92. The van der Waals surface area contributed by atoms with E-state index >= 15 is 0 Å². The van der Waals surface area contributed by atoms with E-state index < -0.39 is 5.60 Å². The van der Waals surface area contributed by atoms with Crippen LogP contribution in [0.1, 0.15) is 53.4 Å². The molecule has 146 valence electrons. The van der Waals surface area contributed by atoms with E-state index in [0.717, 1.165) is 38.4 Å². The highest BCUT2D eigenvalue weighted by atomic mass is 127. The van der Waals surface area contributed by atoms with Crippen LogP contribution in [0.25, 0.3) is 0 Å². The van der Waals surface area contributed by atoms with Crippen molar-refractivity contribution < 1.29 is 9.53 Å². The van der Waals surface area contributed by atoms with Gasteiger partial charge in [-0.15, -0.1) is 24.0 Å². The molecule has 1 saturated heterocycles. The number of carbonyl (C=O) groups is 1. The number of aliphatic imine (C=N–C) groups is 1. The molecule has 1 saturated carbocycles. The zero-order chi connectivity index (χ0) is 17.7. The van der Waals surface area contributed by atoms with Gasteiger partial charge in [-0.2, -0.15) is 0 Å². The van der Waals surface area contributed by atoms with Crippen molar-refractivity contribution >= 4 is 36.0 Å². The maximum Gasteiger partial charge on any atom is 0.410 e. The monoisotopic (exact) mass is 466 g/mol. The number of nitrogens with one attached hydrogen (secondary N) is 1. The second-order valence-electron chi connectivity index (χ2n) is 7.92. The van der Waals surface area contributed by atoms with E-state index in [9.17, 15) is 4.79 Å². The molecule has 0 aromatic carbocycles. The van der Waals surface area contributed by atoms with Crippen molar-refractivity contribution in [1.82, 2.24) is 15.1 Å². The highest BCUT2D eigenvalue weighted by molar-refractivity contribution is 14.0. The van der Waals surface area contributed by atoms with E-state index in [2.05, 4.69) is 15.2 Å². The summed E-state index contributed by atoms with van der Waals surface area (Å²) in [6.07, 6.45) is 4.50. The van der Waals surface area contributed by atoms with Gasteiger partial charge in [0, 0.05) is 39.3 Å². The number of rotatable bonds is 4. The maximum atomic E-state index is 12.3. The van der Waals surface area contributed by atoms with Gasteiger partial charge in [0.15, 0.2) is 5.96 Å². The highest BCUT2D eigenvalue weighted by Gasteiger charge is 2.29. The minimum Gasteiger partial charge on any atom is -0.444 e. The molecule has 7 heteroatoms. The number of ether oxygens (including phenoxy) is 1. The Morgan fingerprint density at radius 1 is 1.24 bits per heavy atom. The van der Waals surface area contributed by atoms with Gasteiger partial charge < -0.3 is 19.9 Å². The van der Waals surface area contributed by atoms with Gasteiger partial charge in [0.2, 0.25) is 0 Å². The predicted molar refractivity (Wildman–Crippen MR) is 113 cm³/mol. The molecule has 0 radical (unpaired) electrons. The van der Waals surface area contributed by atoms with Gasteiger partial charge >= 0.3 is 6.09 Å². The van der Waals surface area contributed by atoms with Crippen molar-refractivity contribution in [2.75, 3.05) is 33.2 Å². The summed E-state index contributed by atoms with van der Waals surface area (Å²) in [5.41, 5.74) is -0.436. The molecule has 1 aliphatic carbocycles. The smallest absolute Gasteiger partial charge is 0.410 e. The van der Waals surface area contributed by atoms with Crippen molar-refractivity contribution in [3.63, 3.8) is 0 Å². The SMILES string of the molecule is CCN(CC1CCN(C(=NC)NC2CC2)CC1)C(=O)OC(C)(C)C.I. The molecule has 1 heterocycles. The zero-order valence-corrected chi connectivity index (χ0v) is 18.7. The first-order valence-corrected chi connectivity index (χ1v) is 9.28. The van der Waals surface area contributed by atoms with Crippen LogP contribution in [0, 0.1) is 5.92 Å². The molecule has 2 rings (SSSR count). The fourth-order valence-electron chi connectivity index (χ4n) is 3.01. The normalized spacial score (nSPS) is 19.2. The summed E-state index contributed by atoms with van der Waals surface area (Å²) in [6, 6.07) is 0.629. The molecule has 1 amide bonds.